The molecule has 0 saturated carbocycles. The maximum Gasteiger partial charge on any atom is 0.238 e. The number of nitrogens with two attached hydrogens (primary N) is 1. The van der Waals surface area contributed by atoms with Crippen molar-refractivity contribution < 1.29 is 17.6 Å². The van der Waals surface area contributed by atoms with E-state index in [0.717, 1.165) is 25.3 Å². The minimum atomic E-state index is -3.96. The fraction of sp³-hybridized carbons (Fsp3) is 0.500. The molecule has 0 aromatic heterocycles. The molecule has 7 heteroatoms. The summed E-state index contributed by atoms with van der Waals surface area (Å²) in [5.41, 5.74) is -0.0395. The second-order valence-electron chi connectivity index (χ2n) is 4.92. The summed E-state index contributed by atoms with van der Waals surface area (Å²) in [6.07, 6.45) is 3.33. The summed E-state index contributed by atoms with van der Waals surface area (Å²) in [5, 5.41) is 7.42. The van der Waals surface area contributed by atoms with E-state index in [1.54, 1.807) is 0 Å². The van der Waals surface area contributed by atoms with Gasteiger partial charge in [0.25, 0.3) is 0 Å². The van der Waals surface area contributed by atoms with E-state index in [2.05, 4.69) is 5.32 Å². The molecule has 0 bridgehead atoms. The van der Waals surface area contributed by atoms with E-state index < -0.39 is 15.8 Å². The fourth-order valence-corrected chi connectivity index (χ4v) is 2.51. The average Bonchev–Trinajstić information content (AvgIpc) is 2.40. The van der Waals surface area contributed by atoms with Gasteiger partial charge in [-0.2, -0.15) is 0 Å². The van der Waals surface area contributed by atoms with Crippen LogP contribution in [0.3, 0.4) is 0 Å². The molecule has 118 valence electrons. The Kier molecular flexibility index (Phi) is 6.29. The molecule has 3 N–H and O–H groups in total. The summed E-state index contributed by atoms with van der Waals surface area (Å²) < 4.78 is 36.1. The predicted octanol–water partition coefficient (Wildman–Crippen LogP) is 2.63. The molecule has 21 heavy (non-hydrogen) atoms. The summed E-state index contributed by atoms with van der Waals surface area (Å²) in [6, 6.07) is 3.18. The highest BCUT2D eigenvalue weighted by atomic mass is 32.2. The number of hydrogen-bond acceptors (Lipinski definition) is 3. The number of halogens is 1. The van der Waals surface area contributed by atoms with Crippen LogP contribution < -0.4 is 10.5 Å². The van der Waals surface area contributed by atoms with Gasteiger partial charge in [0.1, 0.15) is 5.82 Å². The largest absolute Gasteiger partial charge is 0.323 e. The predicted molar refractivity (Wildman–Crippen MR) is 79.7 cm³/mol. The molecule has 1 amide bonds. The number of anilines is 1. The summed E-state index contributed by atoms with van der Waals surface area (Å²) in [4.78, 5) is 11.7. The summed E-state index contributed by atoms with van der Waals surface area (Å²) in [6.45, 7) is 3.94. The van der Waals surface area contributed by atoms with Gasteiger partial charge in [-0.15, -0.1) is 0 Å². The Hall–Kier alpha value is -1.47. The van der Waals surface area contributed by atoms with Crippen molar-refractivity contribution in [3.8, 4) is 0 Å². The van der Waals surface area contributed by atoms with Gasteiger partial charge in [-0.05, 0) is 31.0 Å². The topological polar surface area (TPSA) is 89.3 Å². The van der Waals surface area contributed by atoms with E-state index in [-0.39, 0.29) is 22.4 Å². The number of hydrogen-bond donors (Lipinski definition) is 2. The van der Waals surface area contributed by atoms with Gasteiger partial charge in [-0.3, -0.25) is 4.79 Å². The number of unbranched alkanes of at least 4 members (excludes halogenated alkanes) is 1. The first-order valence-corrected chi connectivity index (χ1v) is 8.47. The first-order chi connectivity index (χ1) is 9.79. The highest BCUT2D eigenvalue weighted by Crippen LogP contribution is 2.21. The number of carbonyl (C=O) groups is 1. The van der Waals surface area contributed by atoms with Crippen LogP contribution in [-0.2, 0) is 14.8 Å². The Morgan fingerprint density at radius 1 is 1.38 bits per heavy atom. The molecule has 0 aliphatic heterocycles. The van der Waals surface area contributed by atoms with Crippen LogP contribution in [0.15, 0.2) is 23.1 Å². The summed E-state index contributed by atoms with van der Waals surface area (Å²) in [5.74, 6) is -1.25. The molecule has 5 nitrogen and oxygen atoms in total. The number of benzene rings is 1. The third-order valence-electron chi connectivity index (χ3n) is 3.30. The summed E-state index contributed by atoms with van der Waals surface area (Å²) in [7, 11) is -3.96. The fourth-order valence-electron chi connectivity index (χ4n) is 1.98. The molecule has 1 aromatic carbocycles. The quantitative estimate of drug-likeness (QED) is 0.810. The Balaban J connectivity index is 2.85. The lowest BCUT2D eigenvalue weighted by Gasteiger charge is -2.15. The molecule has 0 aliphatic rings. The van der Waals surface area contributed by atoms with E-state index in [0.29, 0.717) is 6.42 Å². The van der Waals surface area contributed by atoms with Crippen molar-refractivity contribution in [1.29, 1.82) is 0 Å². The van der Waals surface area contributed by atoms with E-state index >= 15 is 0 Å². The van der Waals surface area contributed by atoms with Crippen molar-refractivity contribution in [2.24, 2.45) is 11.1 Å². The average molecular weight is 316 g/mol. The van der Waals surface area contributed by atoms with Crippen molar-refractivity contribution >= 4 is 21.6 Å². The number of carbonyl (C=O) groups excluding carboxylic acids is 1. The maximum atomic E-state index is 13.8. The monoisotopic (exact) mass is 316 g/mol. The van der Waals surface area contributed by atoms with Crippen LogP contribution in [0.1, 0.15) is 39.5 Å². The highest BCUT2D eigenvalue weighted by Gasteiger charge is 2.18. The molecule has 0 spiro atoms. The third kappa shape index (κ3) is 5.09. The van der Waals surface area contributed by atoms with E-state index in [4.69, 9.17) is 5.14 Å². The lowest BCUT2D eigenvalue weighted by Crippen LogP contribution is -2.23. The zero-order chi connectivity index (χ0) is 16.0. The molecular formula is C14H21FN2O3S. The van der Waals surface area contributed by atoms with Gasteiger partial charge in [0, 0.05) is 5.92 Å². The van der Waals surface area contributed by atoms with Crippen LogP contribution in [0.5, 0.6) is 0 Å². The van der Waals surface area contributed by atoms with Crippen molar-refractivity contribution in [2.45, 2.75) is 44.4 Å². The minimum absolute atomic E-state index is 0.0395. The molecule has 1 rings (SSSR count). The van der Waals surface area contributed by atoms with Crippen LogP contribution in [0.4, 0.5) is 10.1 Å². The second-order valence-corrected chi connectivity index (χ2v) is 6.48. The molecule has 1 atom stereocenters. The molecule has 0 saturated heterocycles. The van der Waals surface area contributed by atoms with E-state index in [9.17, 15) is 17.6 Å². The summed E-state index contributed by atoms with van der Waals surface area (Å²) >= 11 is 0. The van der Waals surface area contributed by atoms with Crippen molar-refractivity contribution in [3.05, 3.63) is 24.0 Å². The van der Waals surface area contributed by atoms with Crippen molar-refractivity contribution in [3.63, 3.8) is 0 Å². The normalized spacial score (nSPS) is 13.0. The molecule has 1 aromatic rings. The standard InChI is InChI=1S/C14H21FN2O3S/c1-3-5-6-10(4-2)14(18)17-13-8-7-11(9-12(13)15)21(16,19)20/h7-10H,3-6H2,1-2H3,(H,17,18)(H2,16,19,20). The third-order valence-corrected chi connectivity index (χ3v) is 4.21. The van der Waals surface area contributed by atoms with Crippen LogP contribution in [-0.4, -0.2) is 14.3 Å². The van der Waals surface area contributed by atoms with Gasteiger partial charge in [-0.25, -0.2) is 17.9 Å². The maximum absolute atomic E-state index is 13.8. The van der Waals surface area contributed by atoms with Gasteiger partial charge < -0.3 is 5.32 Å². The zero-order valence-electron chi connectivity index (χ0n) is 12.2. The van der Waals surface area contributed by atoms with Crippen LogP contribution >= 0.6 is 0 Å². The molecule has 0 radical (unpaired) electrons. The smallest absolute Gasteiger partial charge is 0.238 e. The van der Waals surface area contributed by atoms with Gasteiger partial charge >= 0.3 is 0 Å². The number of sulfonamides is 1. The molecule has 0 heterocycles. The molecule has 1 unspecified atom stereocenters. The van der Waals surface area contributed by atoms with Crippen LogP contribution in [0.25, 0.3) is 0 Å². The number of rotatable bonds is 7. The van der Waals surface area contributed by atoms with Crippen molar-refractivity contribution in [1.82, 2.24) is 0 Å². The first kappa shape index (κ1) is 17.6. The zero-order valence-corrected chi connectivity index (χ0v) is 13.0. The minimum Gasteiger partial charge on any atom is -0.323 e. The number of amides is 1. The van der Waals surface area contributed by atoms with Crippen LogP contribution in [0, 0.1) is 11.7 Å². The van der Waals surface area contributed by atoms with Gasteiger partial charge in [0.05, 0.1) is 10.6 Å². The van der Waals surface area contributed by atoms with Crippen molar-refractivity contribution in [2.75, 3.05) is 5.32 Å². The lowest BCUT2D eigenvalue weighted by atomic mass is 9.98. The number of nitrogens with one attached hydrogen (secondary N) is 1. The first-order valence-electron chi connectivity index (χ1n) is 6.92. The van der Waals surface area contributed by atoms with Gasteiger partial charge in [0.2, 0.25) is 15.9 Å². The Morgan fingerprint density at radius 2 is 2.05 bits per heavy atom. The van der Waals surface area contributed by atoms with Crippen LogP contribution in [0.2, 0.25) is 0 Å². The molecular weight excluding hydrogens is 295 g/mol. The van der Waals surface area contributed by atoms with E-state index in [1.807, 2.05) is 13.8 Å². The van der Waals surface area contributed by atoms with Gasteiger partial charge in [0.15, 0.2) is 0 Å². The number of primary sulfonamides is 1. The second kappa shape index (κ2) is 7.51. The van der Waals surface area contributed by atoms with Gasteiger partial charge in [-0.1, -0.05) is 26.7 Å². The Labute approximate surface area is 124 Å². The molecule has 0 aliphatic carbocycles. The molecule has 0 fully saturated rings. The SMILES string of the molecule is CCCCC(CC)C(=O)Nc1ccc(S(N)(=O)=O)cc1F. The Bertz CT molecular complexity index is 602. The lowest BCUT2D eigenvalue weighted by molar-refractivity contribution is -0.120. The highest BCUT2D eigenvalue weighted by molar-refractivity contribution is 7.89. The van der Waals surface area contributed by atoms with E-state index in [1.165, 1.54) is 12.1 Å². The Morgan fingerprint density at radius 3 is 2.52 bits per heavy atom.